The minimum Gasteiger partial charge on any atom is -0.490 e. The van der Waals surface area contributed by atoms with Crippen LogP contribution in [-0.4, -0.2) is 6.61 Å². The highest BCUT2D eigenvalue weighted by atomic mass is 79.9. The van der Waals surface area contributed by atoms with Crippen LogP contribution in [0.25, 0.3) is 0 Å². The number of benzene rings is 1. The average Bonchev–Trinajstić information content (AvgIpc) is 2.83. The van der Waals surface area contributed by atoms with E-state index in [4.69, 9.17) is 9.47 Å². The lowest BCUT2D eigenvalue weighted by Crippen LogP contribution is -2.00. The van der Waals surface area contributed by atoms with Crippen molar-refractivity contribution in [3.05, 3.63) is 43.0 Å². The Bertz CT molecular complexity index is 584. The summed E-state index contributed by atoms with van der Waals surface area (Å²) in [6, 6.07) is 6.06. The summed E-state index contributed by atoms with van der Waals surface area (Å²) in [6.45, 7) is 3.09. The monoisotopic (exact) mass is 482 g/mol. The van der Waals surface area contributed by atoms with E-state index in [0.29, 0.717) is 13.2 Å². The molecule has 0 saturated heterocycles. The fourth-order valence-electron chi connectivity index (χ4n) is 1.67. The quantitative estimate of drug-likeness (QED) is 0.458. The molecule has 0 aliphatic carbocycles. The molecule has 108 valence electrons. The first-order valence-corrected chi connectivity index (χ1v) is 9.60. The summed E-state index contributed by atoms with van der Waals surface area (Å²) >= 11 is 12.2. The second-order valence-electron chi connectivity index (χ2n) is 3.95. The predicted octanol–water partition coefficient (Wildman–Crippen LogP) is 6.15. The fourth-order valence-corrected chi connectivity index (χ4v) is 3.97. The van der Waals surface area contributed by atoms with Crippen molar-refractivity contribution >= 4 is 59.1 Å². The third kappa shape index (κ3) is 4.00. The molecule has 0 spiro atoms. The maximum Gasteiger partial charge on any atom is 0.175 e. The summed E-state index contributed by atoms with van der Waals surface area (Å²) in [7, 11) is 0. The van der Waals surface area contributed by atoms with Gasteiger partial charge in [-0.3, -0.25) is 0 Å². The molecular formula is C14H13Br3O2S. The Morgan fingerprint density at radius 2 is 1.95 bits per heavy atom. The predicted molar refractivity (Wildman–Crippen MR) is 94.3 cm³/mol. The molecule has 1 aromatic carbocycles. The third-order valence-electron chi connectivity index (χ3n) is 2.56. The molecule has 0 radical (unpaired) electrons. The summed E-state index contributed by atoms with van der Waals surface area (Å²) < 4.78 is 13.6. The molecule has 0 saturated carbocycles. The van der Waals surface area contributed by atoms with Gasteiger partial charge in [0.25, 0.3) is 0 Å². The van der Waals surface area contributed by atoms with Crippen molar-refractivity contribution < 1.29 is 9.47 Å². The molecule has 0 fully saturated rings. The van der Waals surface area contributed by atoms with Crippen LogP contribution in [0.4, 0.5) is 0 Å². The van der Waals surface area contributed by atoms with Crippen molar-refractivity contribution in [2.45, 2.75) is 18.9 Å². The Morgan fingerprint density at radius 1 is 1.15 bits per heavy atom. The van der Waals surface area contributed by atoms with Crippen molar-refractivity contribution in [1.82, 2.24) is 0 Å². The molecule has 2 nitrogen and oxygen atoms in total. The number of ether oxygens (including phenoxy) is 2. The van der Waals surface area contributed by atoms with Crippen molar-refractivity contribution in [2.75, 3.05) is 6.61 Å². The Kier molecular flexibility index (Phi) is 6.39. The standard InChI is InChI=1S/C14H13Br3O2S/c1-2-18-12-6-9(7-15)5-11(17)14(12)19-8-13-10(16)3-4-20-13/h3-6H,2,7-8H2,1H3. The molecule has 2 aromatic rings. The van der Waals surface area contributed by atoms with E-state index < -0.39 is 0 Å². The van der Waals surface area contributed by atoms with E-state index in [-0.39, 0.29) is 0 Å². The summed E-state index contributed by atoms with van der Waals surface area (Å²) in [5.41, 5.74) is 1.14. The number of alkyl halides is 1. The molecule has 1 aromatic heterocycles. The average molecular weight is 485 g/mol. The molecule has 0 aliphatic heterocycles. The first-order chi connectivity index (χ1) is 9.65. The highest BCUT2D eigenvalue weighted by Crippen LogP contribution is 2.38. The van der Waals surface area contributed by atoms with Crippen LogP contribution in [0.15, 0.2) is 32.5 Å². The van der Waals surface area contributed by atoms with Crippen molar-refractivity contribution in [3.63, 3.8) is 0 Å². The Hall–Kier alpha value is -0.0400. The third-order valence-corrected chi connectivity index (χ3v) is 5.70. The first-order valence-electron chi connectivity index (χ1n) is 6.01. The van der Waals surface area contributed by atoms with Gasteiger partial charge < -0.3 is 9.47 Å². The van der Waals surface area contributed by atoms with Gasteiger partial charge in [0.1, 0.15) is 6.61 Å². The SMILES string of the molecule is CCOc1cc(CBr)cc(Br)c1OCc1sccc1Br. The summed E-state index contributed by atoms with van der Waals surface area (Å²) in [5, 5.41) is 2.82. The van der Waals surface area contributed by atoms with Crippen LogP contribution in [0.2, 0.25) is 0 Å². The molecule has 2 rings (SSSR count). The van der Waals surface area contributed by atoms with E-state index in [1.54, 1.807) is 11.3 Å². The maximum absolute atomic E-state index is 5.94. The zero-order valence-corrected chi connectivity index (χ0v) is 16.4. The summed E-state index contributed by atoms with van der Waals surface area (Å²) in [4.78, 5) is 1.16. The highest BCUT2D eigenvalue weighted by Gasteiger charge is 2.13. The van der Waals surface area contributed by atoms with E-state index in [9.17, 15) is 0 Å². The lowest BCUT2D eigenvalue weighted by Gasteiger charge is -2.14. The second-order valence-corrected chi connectivity index (χ2v) is 7.22. The Morgan fingerprint density at radius 3 is 2.55 bits per heavy atom. The number of thiophene rings is 1. The summed E-state index contributed by atoms with van der Waals surface area (Å²) in [5.74, 6) is 1.51. The molecule has 0 amide bonds. The minimum absolute atomic E-state index is 0.518. The van der Waals surface area contributed by atoms with Gasteiger partial charge in [0.15, 0.2) is 11.5 Å². The van der Waals surface area contributed by atoms with Crippen molar-refractivity contribution in [1.29, 1.82) is 0 Å². The van der Waals surface area contributed by atoms with Crippen molar-refractivity contribution in [3.8, 4) is 11.5 Å². The molecule has 0 bridgehead atoms. The fraction of sp³-hybridized carbons (Fsp3) is 0.286. The van der Waals surface area contributed by atoms with E-state index in [1.807, 2.05) is 30.5 Å². The van der Waals surface area contributed by atoms with Crippen LogP contribution >= 0.6 is 59.1 Å². The van der Waals surface area contributed by atoms with Gasteiger partial charge in [-0.15, -0.1) is 11.3 Å². The van der Waals surface area contributed by atoms with Gasteiger partial charge in [0, 0.05) is 9.80 Å². The van der Waals surface area contributed by atoms with Crippen LogP contribution in [0, 0.1) is 0 Å². The second kappa shape index (κ2) is 7.82. The molecule has 0 atom stereocenters. The molecular weight excluding hydrogens is 472 g/mol. The zero-order valence-electron chi connectivity index (χ0n) is 10.8. The van der Waals surface area contributed by atoms with Crippen LogP contribution in [0.5, 0.6) is 11.5 Å². The normalized spacial score (nSPS) is 10.6. The van der Waals surface area contributed by atoms with Gasteiger partial charge in [-0.2, -0.15) is 0 Å². The van der Waals surface area contributed by atoms with Crippen LogP contribution in [0.1, 0.15) is 17.4 Å². The van der Waals surface area contributed by atoms with Gasteiger partial charge in [0.05, 0.1) is 16.0 Å². The van der Waals surface area contributed by atoms with Crippen LogP contribution in [0.3, 0.4) is 0 Å². The van der Waals surface area contributed by atoms with E-state index in [1.165, 1.54) is 0 Å². The zero-order chi connectivity index (χ0) is 14.5. The van der Waals surface area contributed by atoms with E-state index in [0.717, 1.165) is 36.2 Å². The minimum atomic E-state index is 0.518. The number of hydrogen-bond donors (Lipinski definition) is 0. The lowest BCUT2D eigenvalue weighted by atomic mass is 10.2. The Labute approximate surface area is 147 Å². The largest absolute Gasteiger partial charge is 0.490 e. The van der Waals surface area contributed by atoms with Gasteiger partial charge in [-0.1, -0.05) is 15.9 Å². The maximum atomic E-state index is 5.94. The first kappa shape index (κ1) is 16.3. The molecule has 6 heteroatoms. The topological polar surface area (TPSA) is 18.5 Å². The number of rotatable bonds is 6. The summed E-state index contributed by atoms with van der Waals surface area (Å²) in [6.07, 6.45) is 0. The lowest BCUT2D eigenvalue weighted by molar-refractivity contribution is 0.269. The van der Waals surface area contributed by atoms with Gasteiger partial charge in [0.2, 0.25) is 0 Å². The number of halogens is 3. The molecule has 1 heterocycles. The van der Waals surface area contributed by atoms with Gasteiger partial charge >= 0.3 is 0 Å². The molecule has 20 heavy (non-hydrogen) atoms. The van der Waals surface area contributed by atoms with Gasteiger partial charge in [-0.25, -0.2) is 0 Å². The highest BCUT2D eigenvalue weighted by molar-refractivity contribution is 9.11. The molecule has 0 unspecified atom stereocenters. The number of hydrogen-bond acceptors (Lipinski definition) is 3. The van der Waals surface area contributed by atoms with Crippen LogP contribution in [-0.2, 0) is 11.9 Å². The molecule has 0 aliphatic rings. The smallest absolute Gasteiger partial charge is 0.175 e. The van der Waals surface area contributed by atoms with E-state index in [2.05, 4.69) is 47.8 Å². The Balaban J connectivity index is 2.23. The van der Waals surface area contributed by atoms with E-state index >= 15 is 0 Å². The van der Waals surface area contributed by atoms with Crippen molar-refractivity contribution in [2.24, 2.45) is 0 Å². The van der Waals surface area contributed by atoms with Gasteiger partial charge in [-0.05, 0) is 67.9 Å². The molecule has 0 N–H and O–H groups in total. The van der Waals surface area contributed by atoms with Crippen LogP contribution < -0.4 is 9.47 Å².